The van der Waals surface area contributed by atoms with Crippen molar-refractivity contribution >= 4 is 5.97 Å². The number of nitrogens with zero attached hydrogens (tertiary/aromatic N) is 2. The summed E-state index contributed by atoms with van der Waals surface area (Å²) in [5.41, 5.74) is 1.50. The number of carboxylic acids is 1. The smallest absolute Gasteiger partial charge is 0.356 e. The minimum Gasteiger partial charge on any atom is -0.476 e. The number of hydrogen-bond acceptors (Lipinski definition) is 3. The van der Waals surface area contributed by atoms with Gasteiger partial charge in [-0.05, 0) is 31.5 Å². The first-order chi connectivity index (χ1) is 8.49. The fourth-order valence-corrected chi connectivity index (χ4v) is 1.63. The maximum absolute atomic E-state index is 11.8. The van der Waals surface area contributed by atoms with Gasteiger partial charge in [0.15, 0.2) is 5.69 Å². The summed E-state index contributed by atoms with van der Waals surface area (Å²) in [6.45, 7) is 3.48. The van der Waals surface area contributed by atoms with E-state index in [1.54, 1.807) is 19.1 Å². The van der Waals surface area contributed by atoms with Crippen LogP contribution >= 0.6 is 0 Å². The van der Waals surface area contributed by atoms with Gasteiger partial charge in [0.25, 0.3) is 5.56 Å². The van der Waals surface area contributed by atoms with Crippen molar-refractivity contribution in [3.8, 4) is 5.69 Å². The summed E-state index contributed by atoms with van der Waals surface area (Å²) in [5.74, 6) is -1.15. The summed E-state index contributed by atoms with van der Waals surface area (Å²) in [4.78, 5) is 22.8. The molecule has 0 aliphatic carbocycles. The molecule has 0 unspecified atom stereocenters. The Balaban J connectivity index is 2.64. The Hall–Kier alpha value is -2.43. The summed E-state index contributed by atoms with van der Waals surface area (Å²) < 4.78 is 1.09. The van der Waals surface area contributed by atoms with Crippen LogP contribution in [0.4, 0.5) is 0 Å². The number of aromatic nitrogens is 2. The third kappa shape index (κ3) is 2.15. The minimum atomic E-state index is -1.15. The van der Waals surface area contributed by atoms with Crippen molar-refractivity contribution in [2.24, 2.45) is 0 Å². The number of aryl methyl sites for hydroxylation is 2. The van der Waals surface area contributed by atoms with Crippen LogP contribution < -0.4 is 5.56 Å². The van der Waals surface area contributed by atoms with Gasteiger partial charge in [0.1, 0.15) is 0 Å². The second kappa shape index (κ2) is 4.44. The summed E-state index contributed by atoms with van der Waals surface area (Å²) in [7, 11) is 0. The third-order valence-electron chi connectivity index (χ3n) is 2.60. The first kappa shape index (κ1) is 12.0. The number of hydrogen-bond donors (Lipinski definition) is 1. The van der Waals surface area contributed by atoms with Crippen LogP contribution in [0, 0.1) is 13.8 Å². The maximum Gasteiger partial charge on any atom is 0.356 e. The molecule has 0 fully saturated rings. The largest absolute Gasteiger partial charge is 0.476 e. The number of carboxylic acid groups (broad SMARTS) is 1. The zero-order valence-corrected chi connectivity index (χ0v) is 10.0. The predicted molar refractivity (Wildman–Crippen MR) is 66.3 cm³/mol. The van der Waals surface area contributed by atoms with Crippen LogP contribution in [0.1, 0.15) is 21.6 Å². The fourth-order valence-electron chi connectivity index (χ4n) is 1.63. The van der Waals surface area contributed by atoms with Crippen molar-refractivity contribution in [3.63, 3.8) is 0 Å². The highest BCUT2D eigenvalue weighted by molar-refractivity contribution is 5.86. The van der Waals surface area contributed by atoms with Crippen molar-refractivity contribution < 1.29 is 9.90 Å². The molecule has 0 saturated heterocycles. The number of aromatic carboxylic acids is 1. The lowest BCUT2D eigenvalue weighted by Crippen LogP contribution is -2.24. The Morgan fingerprint density at radius 2 is 1.83 bits per heavy atom. The summed E-state index contributed by atoms with van der Waals surface area (Å²) in [6, 6.07) is 8.40. The molecule has 0 amide bonds. The summed E-state index contributed by atoms with van der Waals surface area (Å²) >= 11 is 0. The van der Waals surface area contributed by atoms with Crippen LogP contribution in [-0.4, -0.2) is 20.9 Å². The van der Waals surface area contributed by atoms with E-state index in [1.165, 1.54) is 6.07 Å². The summed E-state index contributed by atoms with van der Waals surface area (Å²) in [6.07, 6.45) is 0. The van der Waals surface area contributed by atoms with Crippen LogP contribution in [0.3, 0.4) is 0 Å². The molecule has 0 saturated carbocycles. The van der Waals surface area contributed by atoms with E-state index in [0.717, 1.165) is 10.2 Å². The number of rotatable bonds is 2. The normalized spacial score (nSPS) is 10.3. The van der Waals surface area contributed by atoms with Crippen molar-refractivity contribution in [3.05, 3.63) is 57.5 Å². The monoisotopic (exact) mass is 244 g/mol. The first-order valence-corrected chi connectivity index (χ1v) is 5.40. The van der Waals surface area contributed by atoms with E-state index >= 15 is 0 Å². The molecule has 0 radical (unpaired) electrons. The molecule has 1 aromatic heterocycles. The van der Waals surface area contributed by atoms with Gasteiger partial charge in [0.2, 0.25) is 0 Å². The molecule has 18 heavy (non-hydrogen) atoms. The standard InChI is InChI=1S/C13H12N2O3/c1-8-3-5-10(6-4-8)15-11(16)7-9(2)12(14-15)13(17)18/h3-7H,1-2H3,(H,17,18). The third-order valence-corrected chi connectivity index (χ3v) is 2.60. The maximum atomic E-state index is 11.8. The quantitative estimate of drug-likeness (QED) is 0.869. The van der Waals surface area contributed by atoms with Crippen molar-refractivity contribution in [1.29, 1.82) is 0 Å². The molecule has 1 N–H and O–H groups in total. The van der Waals surface area contributed by atoms with Crippen LogP contribution in [0.15, 0.2) is 35.1 Å². The molecule has 0 aliphatic heterocycles. The molecule has 5 heteroatoms. The second-order valence-corrected chi connectivity index (χ2v) is 4.07. The Bertz CT molecular complexity index is 657. The Morgan fingerprint density at radius 3 is 2.39 bits per heavy atom. The SMILES string of the molecule is Cc1ccc(-n2nc(C(=O)O)c(C)cc2=O)cc1. The van der Waals surface area contributed by atoms with Gasteiger partial charge in [0, 0.05) is 6.07 Å². The molecule has 0 atom stereocenters. The molecule has 0 bridgehead atoms. The van der Waals surface area contributed by atoms with Gasteiger partial charge >= 0.3 is 5.97 Å². The van der Waals surface area contributed by atoms with E-state index in [9.17, 15) is 9.59 Å². The fraction of sp³-hybridized carbons (Fsp3) is 0.154. The Morgan fingerprint density at radius 1 is 1.22 bits per heavy atom. The van der Waals surface area contributed by atoms with E-state index in [1.807, 2.05) is 19.1 Å². The highest BCUT2D eigenvalue weighted by Crippen LogP contribution is 2.08. The zero-order chi connectivity index (χ0) is 13.3. The molecule has 92 valence electrons. The molecular formula is C13H12N2O3. The average Bonchev–Trinajstić information content (AvgIpc) is 2.30. The van der Waals surface area contributed by atoms with Crippen LogP contribution in [0.5, 0.6) is 0 Å². The predicted octanol–water partition coefficient (Wildman–Crippen LogP) is 1.55. The van der Waals surface area contributed by atoms with Crippen molar-refractivity contribution in [2.75, 3.05) is 0 Å². The molecule has 2 rings (SSSR count). The highest BCUT2D eigenvalue weighted by Gasteiger charge is 2.12. The molecule has 2 aromatic rings. The molecule has 0 spiro atoms. The molecular weight excluding hydrogens is 232 g/mol. The van der Waals surface area contributed by atoms with Gasteiger partial charge in [-0.2, -0.15) is 9.78 Å². The van der Waals surface area contributed by atoms with Gasteiger partial charge in [0.05, 0.1) is 5.69 Å². The van der Waals surface area contributed by atoms with Crippen LogP contribution in [0.25, 0.3) is 5.69 Å². The van der Waals surface area contributed by atoms with E-state index < -0.39 is 5.97 Å². The Labute approximate surface area is 103 Å². The second-order valence-electron chi connectivity index (χ2n) is 4.07. The van der Waals surface area contributed by atoms with Gasteiger partial charge in [-0.25, -0.2) is 4.79 Å². The molecule has 5 nitrogen and oxygen atoms in total. The van der Waals surface area contributed by atoms with Crippen molar-refractivity contribution in [1.82, 2.24) is 9.78 Å². The number of carbonyl (C=O) groups is 1. The molecule has 0 aliphatic rings. The van der Waals surface area contributed by atoms with Gasteiger partial charge in [-0.1, -0.05) is 17.7 Å². The lowest BCUT2D eigenvalue weighted by Gasteiger charge is -2.07. The molecule has 1 heterocycles. The average molecular weight is 244 g/mol. The Kier molecular flexibility index (Phi) is 2.97. The van der Waals surface area contributed by atoms with Gasteiger partial charge in [-0.3, -0.25) is 4.79 Å². The van der Waals surface area contributed by atoms with E-state index in [0.29, 0.717) is 11.3 Å². The van der Waals surface area contributed by atoms with E-state index in [-0.39, 0.29) is 11.3 Å². The number of benzene rings is 1. The van der Waals surface area contributed by atoms with E-state index in [2.05, 4.69) is 5.10 Å². The van der Waals surface area contributed by atoms with E-state index in [4.69, 9.17) is 5.11 Å². The lowest BCUT2D eigenvalue weighted by molar-refractivity contribution is 0.0687. The topological polar surface area (TPSA) is 72.2 Å². The van der Waals surface area contributed by atoms with Gasteiger partial charge < -0.3 is 5.11 Å². The van der Waals surface area contributed by atoms with Crippen LogP contribution in [-0.2, 0) is 0 Å². The lowest BCUT2D eigenvalue weighted by atomic mass is 10.2. The van der Waals surface area contributed by atoms with Gasteiger partial charge in [-0.15, -0.1) is 0 Å². The highest BCUT2D eigenvalue weighted by atomic mass is 16.4. The molecule has 1 aromatic carbocycles. The summed E-state index contributed by atoms with van der Waals surface area (Å²) in [5, 5.41) is 12.9. The van der Waals surface area contributed by atoms with Crippen molar-refractivity contribution in [2.45, 2.75) is 13.8 Å². The minimum absolute atomic E-state index is 0.116. The zero-order valence-electron chi connectivity index (χ0n) is 10.0. The van der Waals surface area contributed by atoms with Crippen LogP contribution in [0.2, 0.25) is 0 Å². The first-order valence-electron chi connectivity index (χ1n) is 5.40.